The number of amides is 1. The molecule has 1 N–H and O–H groups in total. The Balaban J connectivity index is 1.83. The van der Waals surface area contributed by atoms with Gasteiger partial charge in [0.1, 0.15) is 11.5 Å². The predicted octanol–water partition coefficient (Wildman–Crippen LogP) is 2.50. The van der Waals surface area contributed by atoms with Crippen molar-refractivity contribution in [1.82, 2.24) is 4.90 Å². The lowest BCUT2D eigenvalue weighted by Gasteiger charge is -2.37. The minimum Gasteiger partial charge on any atom is -0.384 e. The van der Waals surface area contributed by atoms with Gasteiger partial charge in [0.25, 0.3) is 5.91 Å². The molecule has 2 fully saturated rings. The summed E-state index contributed by atoms with van der Waals surface area (Å²) < 4.78 is 0. The fourth-order valence-corrected chi connectivity index (χ4v) is 4.35. The fraction of sp³-hybridized carbons (Fsp3) is 0.562. The summed E-state index contributed by atoms with van der Waals surface area (Å²) in [6.45, 7) is 0.711. The third kappa shape index (κ3) is 2.48. The Kier molecular flexibility index (Phi) is 4.09. The molecule has 20 heavy (non-hydrogen) atoms. The van der Waals surface area contributed by atoms with E-state index in [0.29, 0.717) is 12.0 Å². The average molecular weight is 289 g/mol. The largest absolute Gasteiger partial charge is 0.384 e. The highest BCUT2D eigenvalue weighted by Gasteiger charge is 2.38. The molecule has 1 aliphatic carbocycles. The van der Waals surface area contributed by atoms with Gasteiger partial charge in [0.05, 0.1) is 0 Å². The number of thiophene rings is 1. The van der Waals surface area contributed by atoms with E-state index in [0.717, 1.165) is 29.8 Å². The molecule has 0 bridgehead atoms. The van der Waals surface area contributed by atoms with Crippen molar-refractivity contribution in [2.75, 3.05) is 13.2 Å². The third-order valence-corrected chi connectivity index (χ3v) is 5.32. The minimum absolute atomic E-state index is 0.138. The molecule has 0 radical (unpaired) electrons. The van der Waals surface area contributed by atoms with Crippen LogP contribution in [0.25, 0.3) is 0 Å². The summed E-state index contributed by atoms with van der Waals surface area (Å²) >= 11 is 1.46. The van der Waals surface area contributed by atoms with Gasteiger partial charge in [-0.25, -0.2) is 0 Å². The molecule has 3 nitrogen and oxygen atoms in total. The number of carbonyl (C=O) groups excluding carboxylic acids is 1. The Hall–Kier alpha value is -1.31. The van der Waals surface area contributed by atoms with Crippen molar-refractivity contribution in [2.24, 2.45) is 5.92 Å². The van der Waals surface area contributed by atoms with Crippen LogP contribution in [0.4, 0.5) is 0 Å². The van der Waals surface area contributed by atoms with Gasteiger partial charge >= 0.3 is 0 Å². The molecule has 2 heterocycles. The fourth-order valence-electron chi connectivity index (χ4n) is 3.54. The van der Waals surface area contributed by atoms with Gasteiger partial charge in [-0.3, -0.25) is 4.79 Å². The number of likely N-dealkylation sites (tertiary alicyclic amines) is 1. The number of aliphatic hydroxyl groups is 1. The molecular weight excluding hydrogens is 270 g/mol. The molecule has 2 atom stereocenters. The van der Waals surface area contributed by atoms with E-state index in [-0.39, 0.29) is 12.5 Å². The molecule has 3 rings (SSSR count). The topological polar surface area (TPSA) is 40.5 Å². The number of fused-ring (bicyclic) bond motifs is 1. The first-order valence-electron chi connectivity index (χ1n) is 7.29. The van der Waals surface area contributed by atoms with Crippen molar-refractivity contribution < 1.29 is 9.90 Å². The standard InChI is InChI=1S/C16H19NO2S/c18-10-3-6-13-8-11-20-15(13)16(19)17-9-2-5-12-4-1-7-14(12)17/h8,11-12,14,18H,1-2,4-5,7,9-10H2. The first-order chi connectivity index (χ1) is 9.81. The first kappa shape index (κ1) is 13.7. The van der Waals surface area contributed by atoms with Gasteiger partial charge < -0.3 is 10.0 Å². The van der Waals surface area contributed by atoms with Crippen molar-refractivity contribution in [1.29, 1.82) is 0 Å². The molecule has 1 amide bonds. The van der Waals surface area contributed by atoms with E-state index in [1.54, 1.807) is 0 Å². The number of hydrogen-bond acceptors (Lipinski definition) is 3. The van der Waals surface area contributed by atoms with Crippen LogP contribution in [0.5, 0.6) is 0 Å². The van der Waals surface area contributed by atoms with Crippen molar-refractivity contribution in [3.05, 3.63) is 21.9 Å². The Morgan fingerprint density at radius 1 is 1.40 bits per heavy atom. The summed E-state index contributed by atoms with van der Waals surface area (Å²) in [5.41, 5.74) is 0.758. The molecule has 106 valence electrons. The zero-order valence-corrected chi connectivity index (χ0v) is 12.3. The highest BCUT2D eigenvalue weighted by atomic mass is 32.1. The lowest BCUT2D eigenvalue weighted by atomic mass is 9.92. The number of piperidine rings is 1. The summed E-state index contributed by atoms with van der Waals surface area (Å²) in [4.78, 5) is 15.6. The molecule has 0 aromatic carbocycles. The first-order valence-corrected chi connectivity index (χ1v) is 8.17. The van der Waals surface area contributed by atoms with Gasteiger partial charge in [-0.2, -0.15) is 0 Å². The summed E-state index contributed by atoms with van der Waals surface area (Å²) in [7, 11) is 0. The van der Waals surface area contributed by atoms with Crippen LogP contribution in [0.3, 0.4) is 0 Å². The van der Waals surface area contributed by atoms with Crippen molar-refractivity contribution in [2.45, 2.75) is 38.1 Å². The number of carbonyl (C=O) groups is 1. The lowest BCUT2D eigenvalue weighted by Crippen LogP contribution is -2.46. The molecule has 2 aliphatic rings. The second kappa shape index (κ2) is 5.99. The molecule has 1 aromatic heterocycles. The Bertz CT molecular complexity index is 554. The van der Waals surface area contributed by atoms with Crippen molar-refractivity contribution in [3.8, 4) is 11.8 Å². The summed E-state index contributed by atoms with van der Waals surface area (Å²) in [6, 6.07) is 2.31. The molecule has 4 heteroatoms. The molecule has 1 saturated carbocycles. The molecular formula is C16H19NO2S. The highest BCUT2D eigenvalue weighted by Crippen LogP contribution is 2.37. The van der Waals surface area contributed by atoms with Gasteiger partial charge in [0.15, 0.2) is 0 Å². The SMILES string of the molecule is O=C(c1sccc1C#CCO)N1CCCC2CCCC21. The van der Waals surface area contributed by atoms with Crippen molar-refractivity contribution >= 4 is 17.2 Å². The number of nitrogens with zero attached hydrogens (tertiary/aromatic N) is 1. The Morgan fingerprint density at radius 3 is 3.10 bits per heavy atom. The van der Waals surface area contributed by atoms with E-state index in [1.807, 2.05) is 11.4 Å². The molecule has 0 spiro atoms. The smallest absolute Gasteiger partial charge is 0.265 e. The van der Waals surface area contributed by atoms with Crippen molar-refractivity contribution in [3.63, 3.8) is 0 Å². The van der Waals surface area contributed by atoms with Gasteiger partial charge in [-0.15, -0.1) is 11.3 Å². The molecule has 1 aliphatic heterocycles. The Morgan fingerprint density at radius 2 is 2.25 bits per heavy atom. The zero-order chi connectivity index (χ0) is 13.9. The van der Waals surface area contributed by atoms with E-state index in [2.05, 4.69) is 16.7 Å². The summed E-state index contributed by atoms with van der Waals surface area (Å²) in [5, 5.41) is 10.7. The summed E-state index contributed by atoms with van der Waals surface area (Å²) in [6.07, 6.45) is 6.07. The quantitative estimate of drug-likeness (QED) is 0.807. The van der Waals surface area contributed by atoms with Crippen LogP contribution in [0.15, 0.2) is 11.4 Å². The zero-order valence-electron chi connectivity index (χ0n) is 11.5. The van der Waals surface area contributed by atoms with E-state index in [9.17, 15) is 4.79 Å². The molecule has 1 aromatic rings. The van der Waals surface area contributed by atoms with Gasteiger partial charge in [-0.05, 0) is 43.0 Å². The van der Waals surface area contributed by atoms with Crippen LogP contribution in [0.2, 0.25) is 0 Å². The summed E-state index contributed by atoms with van der Waals surface area (Å²) in [5.74, 6) is 6.37. The predicted molar refractivity (Wildman–Crippen MR) is 79.7 cm³/mol. The van der Waals surface area contributed by atoms with Gasteiger partial charge in [-0.1, -0.05) is 18.3 Å². The molecule has 1 saturated heterocycles. The highest BCUT2D eigenvalue weighted by molar-refractivity contribution is 7.12. The third-order valence-electron chi connectivity index (χ3n) is 4.42. The normalized spacial score (nSPS) is 24.9. The van der Waals surface area contributed by atoms with E-state index in [4.69, 9.17) is 5.11 Å². The van der Waals surface area contributed by atoms with E-state index in [1.165, 1.54) is 30.6 Å². The van der Waals surface area contributed by atoms with Crippen LogP contribution < -0.4 is 0 Å². The second-order valence-corrected chi connectivity index (χ2v) is 6.44. The monoisotopic (exact) mass is 289 g/mol. The van der Waals surface area contributed by atoms with Crippen LogP contribution >= 0.6 is 11.3 Å². The Labute approximate surface area is 123 Å². The number of hydrogen-bond donors (Lipinski definition) is 1. The minimum atomic E-state index is -0.169. The lowest BCUT2D eigenvalue weighted by molar-refractivity contribution is 0.0553. The maximum absolute atomic E-state index is 12.8. The maximum atomic E-state index is 12.8. The van der Waals surface area contributed by atoms with Crippen LogP contribution in [0, 0.1) is 17.8 Å². The van der Waals surface area contributed by atoms with E-state index < -0.39 is 0 Å². The van der Waals surface area contributed by atoms with Gasteiger partial charge in [0, 0.05) is 18.2 Å². The van der Waals surface area contributed by atoms with E-state index >= 15 is 0 Å². The van der Waals surface area contributed by atoms with Crippen LogP contribution in [-0.4, -0.2) is 35.1 Å². The second-order valence-electron chi connectivity index (χ2n) is 5.52. The van der Waals surface area contributed by atoms with Crippen LogP contribution in [0.1, 0.15) is 47.3 Å². The van der Waals surface area contributed by atoms with Crippen LogP contribution in [-0.2, 0) is 0 Å². The number of aliphatic hydroxyl groups excluding tert-OH is 1. The molecule has 2 unspecified atom stereocenters. The van der Waals surface area contributed by atoms with Gasteiger partial charge in [0.2, 0.25) is 0 Å². The number of rotatable bonds is 1. The average Bonchev–Trinajstić information content (AvgIpc) is 3.12. The maximum Gasteiger partial charge on any atom is 0.265 e.